The molecule has 15 heteroatoms. The van der Waals surface area contributed by atoms with E-state index in [1.165, 1.54) is 7.11 Å². The minimum Gasteiger partial charge on any atom is -0.465 e. The Hall–Kier alpha value is -6.12. The Labute approximate surface area is 334 Å². The minimum atomic E-state index is -1.21. The number of aromatic nitrogens is 4. The number of carboxylic acid groups (broad SMARTS) is 1. The molecule has 15 nitrogen and oxygen atoms in total. The van der Waals surface area contributed by atoms with E-state index in [0.29, 0.717) is 29.2 Å². The van der Waals surface area contributed by atoms with Crippen LogP contribution in [0.1, 0.15) is 77.1 Å². The number of rotatable bonds is 11. The third-order valence-corrected chi connectivity index (χ3v) is 12.3. The van der Waals surface area contributed by atoms with E-state index in [4.69, 9.17) is 19.4 Å². The van der Waals surface area contributed by atoms with Crippen LogP contribution in [0.4, 0.5) is 9.59 Å². The molecular weight excluding hydrogens is 741 g/mol. The SMILES string of the molecule is COC(=O)N[C@H](C(=O)N1[C@@H]2C[C@@H]2C[C@H]1c1nc2ccc(-c3cccc(Oc4ccc5nc([C@H]6C[C@H]7C[C@H]7N6C(=O)[C@@H](NC(=O)O)C(C)C)[nH]c5c4)c3)cc2[nH]1)C(C)C. The van der Waals surface area contributed by atoms with Crippen molar-refractivity contribution in [3.05, 3.63) is 72.3 Å². The molecule has 2 aromatic heterocycles. The highest BCUT2D eigenvalue weighted by molar-refractivity contribution is 5.88. The fourth-order valence-electron chi connectivity index (χ4n) is 9.17. The Balaban J connectivity index is 0.914. The molecule has 2 saturated heterocycles. The molecule has 0 radical (unpaired) electrons. The number of ether oxygens (including phenoxy) is 2. The highest BCUT2D eigenvalue weighted by Crippen LogP contribution is 2.54. The van der Waals surface area contributed by atoms with Gasteiger partial charge in [-0.15, -0.1) is 0 Å². The summed E-state index contributed by atoms with van der Waals surface area (Å²) < 4.78 is 11.2. The number of benzene rings is 3. The second kappa shape index (κ2) is 14.4. The van der Waals surface area contributed by atoms with Crippen molar-refractivity contribution in [3.63, 3.8) is 0 Å². The molecule has 0 spiro atoms. The van der Waals surface area contributed by atoms with Crippen LogP contribution < -0.4 is 15.4 Å². The molecule has 4 heterocycles. The molecule has 3 aromatic carbocycles. The van der Waals surface area contributed by atoms with Crippen LogP contribution in [0.5, 0.6) is 11.5 Å². The molecule has 58 heavy (non-hydrogen) atoms. The Bertz CT molecular complexity index is 2440. The van der Waals surface area contributed by atoms with Crippen molar-refractivity contribution in [2.75, 3.05) is 7.11 Å². The highest BCUT2D eigenvalue weighted by Gasteiger charge is 2.57. The first-order chi connectivity index (χ1) is 27.9. The molecule has 2 aliphatic heterocycles. The van der Waals surface area contributed by atoms with Gasteiger partial charge in [-0.05, 0) is 96.9 Å². The second-order valence-corrected chi connectivity index (χ2v) is 16.9. The largest absolute Gasteiger partial charge is 0.465 e. The Kier molecular flexibility index (Phi) is 9.28. The first-order valence-corrected chi connectivity index (χ1v) is 20.1. The third kappa shape index (κ3) is 6.85. The van der Waals surface area contributed by atoms with Gasteiger partial charge in [0.15, 0.2) is 0 Å². The monoisotopic (exact) mass is 788 g/mol. The maximum absolute atomic E-state index is 13.9. The molecule has 9 rings (SSSR count). The van der Waals surface area contributed by atoms with Gasteiger partial charge in [-0.1, -0.05) is 45.9 Å². The number of fused-ring (bicyclic) bond motifs is 4. The Morgan fingerprint density at radius 2 is 1.24 bits per heavy atom. The number of likely N-dealkylation sites (tertiary alicyclic amines) is 2. The van der Waals surface area contributed by atoms with Crippen LogP contribution in [-0.4, -0.2) is 90.1 Å². The molecule has 5 aromatic rings. The van der Waals surface area contributed by atoms with Crippen LogP contribution in [0.3, 0.4) is 0 Å². The lowest BCUT2D eigenvalue weighted by atomic mass is 10.0. The van der Waals surface area contributed by atoms with E-state index >= 15 is 0 Å². The van der Waals surface area contributed by atoms with Crippen LogP contribution >= 0.6 is 0 Å². The quantitative estimate of drug-likeness (QED) is 0.0947. The van der Waals surface area contributed by atoms with E-state index < -0.39 is 24.3 Å². The van der Waals surface area contributed by atoms with Crippen molar-refractivity contribution >= 4 is 46.1 Å². The number of methoxy groups -OCH3 is 1. The third-order valence-electron chi connectivity index (χ3n) is 12.3. The number of nitrogens with one attached hydrogen (secondary N) is 4. The second-order valence-electron chi connectivity index (χ2n) is 16.9. The number of H-pyrrole nitrogens is 2. The molecule has 302 valence electrons. The average molecular weight is 789 g/mol. The molecule has 0 unspecified atom stereocenters. The van der Waals surface area contributed by atoms with Gasteiger partial charge in [0.05, 0.1) is 41.3 Å². The van der Waals surface area contributed by atoms with Gasteiger partial charge in [-0.2, -0.15) is 0 Å². The van der Waals surface area contributed by atoms with Crippen molar-refractivity contribution in [2.45, 2.75) is 89.6 Å². The van der Waals surface area contributed by atoms with E-state index in [9.17, 15) is 24.3 Å². The summed E-state index contributed by atoms with van der Waals surface area (Å²) in [5.74, 6) is 2.88. The Morgan fingerprint density at radius 1 is 0.707 bits per heavy atom. The Morgan fingerprint density at radius 3 is 1.81 bits per heavy atom. The predicted octanol–water partition coefficient (Wildman–Crippen LogP) is 6.90. The number of carbonyl (C=O) groups excluding carboxylic acids is 3. The molecular formula is C43H48N8O7. The number of hydrogen-bond donors (Lipinski definition) is 5. The number of carbonyl (C=O) groups is 4. The summed E-state index contributed by atoms with van der Waals surface area (Å²) in [6, 6.07) is 17.8. The molecule has 0 bridgehead atoms. The standard InChI is InChI=1S/C43H48N8O7/c1-20(2)36(48-42(54)55)40(52)50-32-15-24(32)18-35(50)39-45-29-12-10-27(19-31(29)47-39)58-26-8-6-7-22(13-26)23-9-11-28-30(14-23)46-38(44-28)34-17-25-16-33(25)51(34)41(53)37(21(3)4)49-43(56)57-5/h6-14,19-21,24-25,32-37,48H,15-18H2,1-5H3,(H,44,46)(H,45,47)(H,49,56)(H,54,55)/t24-,25-,32-,33-,34+,35-,36+,37+/m1/s1. The number of hydrogen-bond acceptors (Lipinski definition) is 8. The number of aromatic amines is 2. The molecule has 5 N–H and O–H groups in total. The molecule has 8 atom stereocenters. The van der Waals surface area contributed by atoms with E-state index in [1.54, 1.807) is 0 Å². The predicted molar refractivity (Wildman–Crippen MR) is 214 cm³/mol. The number of amides is 4. The highest BCUT2D eigenvalue weighted by atomic mass is 16.5. The van der Waals surface area contributed by atoms with Crippen molar-refractivity contribution in [2.24, 2.45) is 23.7 Å². The normalized spacial score (nSPS) is 24.1. The fourth-order valence-corrected chi connectivity index (χ4v) is 9.17. The maximum atomic E-state index is 13.9. The van der Waals surface area contributed by atoms with Crippen molar-refractivity contribution < 1.29 is 33.8 Å². The smallest absolute Gasteiger partial charge is 0.407 e. The van der Waals surface area contributed by atoms with Gasteiger partial charge < -0.3 is 45.0 Å². The van der Waals surface area contributed by atoms with Crippen LogP contribution in [-0.2, 0) is 14.3 Å². The summed E-state index contributed by atoms with van der Waals surface area (Å²) in [6.45, 7) is 7.51. The first-order valence-electron chi connectivity index (χ1n) is 20.1. The molecule has 2 saturated carbocycles. The van der Waals surface area contributed by atoms with E-state index in [0.717, 1.165) is 64.7 Å². The number of nitrogens with zero attached hydrogens (tertiary/aromatic N) is 4. The van der Waals surface area contributed by atoms with Gasteiger partial charge in [0, 0.05) is 18.2 Å². The molecule has 4 aliphatic rings. The summed E-state index contributed by atoms with van der Waals surface area (Å²) in [5.41, 5.74) is 5.12. The molecule has 2 aliphatic carbocycles. The average Bonchev–Trinajstić information content (AvgIpc) is 3.86. The van der Waals surface area contributed by atoms with Gasteiger partial charge in [0.2, 0.25) is 11.8 Å². The van der Waals surface area contributed by atoms with Crippen molar-refractivity contribution in [1.82, 2.24) is 40.4 Å². The van der Waals surface area contributed by atoms with Crippen molar-refractivity contribution in [3.8, 4) is 22.6 Å². The van der Waals surface area contributed by atoms with Crippen LogP contribution in [0.25, 0.3) is 33.2 Å². The zero-order valence-electron chi connectivity index (χ0n) is 33.1. The van der Waals surface area contributed by atoms with Crippen LogP contribution in [0, 0.1) is 23.7 Å². The summed E-state index contributed by atoms with van der Waals surface area (Å²) in [4.78, 5) is 71.6. The summed E-state index contributed by atoms with van der Waals surface area (Å²) >= 11 is 0. The lowest BCUT2D eigenvalue weighted by Gasteiger charge is -2.31. The summed E-state index contributed by atoms with van der Waals surface area (Å²) in [6.07, 6.45) is 1.65. The first kappa shape index (κ1) is 37.5. The minimum absolute atomic E-state index is 0.101. The van der Waals surface area contributed by atoms with Gasteiger partial charge >= 0.3 is 12.2 Å². The maximum Gasteiger partial charge on any atom is 0.407 e. The summed E-state index contributed by atoms with van der Waals surface area (Å²) in [7, 11) is 1.30. The van der Waals surface area contributed by atoms with Gasteiger partial charge in [0.25, 0.3) is 0 Å². The zero-order valence-corrected chi connectivity index (χ0v) is 33.1. The fraction of sp³-hybridized carbons (Fsp3) is 0.442. The topological polar surface area (TPSA) is 195 Å². The van der Waals surface area contributed by atoms with Gasteiger partial charge in [-0.3, -0.25) is 9.59 Å². The number of alkyl carbamates (subject to hydrolysis) is 1. The molecule has 4 amide bonds. The lowest BCUT2D eigenvalue weighted by Crippen LogP contribution is -2.52. The summed E-state index contributed by atoms with van der Waals surface area (Å²) in [5, 5.41) is 14.6. The van der Waals surface area contributed by atoms with Crippen LogP contribution in [0.2, 0.25) is 0 Å². The van der Waals surface area contributed by atoms with Crippen LogP contribution in [0.15, 0.2) is 60.7 Å². The lowest BCUT2D eigenvalue weighted by molar-refractivity contribution is -0.137. The van der Waals surface area contributed by atoms with E-state index in [2.05, 4.69) is 26.7 Å². The van der Waals surface area contributed by atoms with Gasteiger partial charge in [0.1, 0.15) is 35.2 Å². The van der Waals surface area contributed by atoms with Crippen molar-refractivity contribution in [1.29, 1.82) is 0 Å². The van der Waals surface area contributed by atoms with E-state index in [1.807, 2.05) is 92.1 Å². The number of piperidine rings is 2. The van der Waals surface area contributed by atoms with E-state index in [-0.39, 0.29) is 47.8 Å². The number of imidazole rings is 2. The zero-order chi connectivity index (χ0) is 40.6. The van der Waals surface area contributed by atoms with Gasteiger partial charge in [-0.25, -0.2) is 19.6 Å². The molecule has 4 fully saturated rings.